The van der Waals surface area contributed by atoms with Crippen LogP contribution < -0.4 is 14.8 Å². The average Bonchev–Trinajstić information content (AvgIpc) is 2.61. The Kier molecular flexibility index (Phi) is 5.00. The first-order valence-corrected chi connectivity index (χ1v) is 9.20. The van der Waals surface area contributed by atoms with Crippen molar-refractivity contribution in [1.29, 1.82) is 0 Å². The Morgan fingerprint density at radius 2 is 1.88 bits per heavy atom. The number of para-hydroxylation sites is 1. The van der Waals surface area contributed by atoms with Crippen molar-refractivity contribution in [2.45, 2.75) is 17.4 Å². The third-order valence-corrected chi connectivity index (χ3v) is 5.26. The molecule has 2 aromatic rings. The molecule has 0 aliphatic carbocycles. The summed E-state index contributed by atoms with van der Waals surface area (Å²) in [5.41, 5.74) is 0.864. The molecular formula is C17H17FN2O4S. The number of fused-ring (bicyclic) bond motifs is 1. The van der Waals surface area contributed by atoms with Crippen LogP contribution in [-0.2, 0) is 14.8 Å². The van der Waals surface area contributed by atoms with Crippen LogP contribution in [0.4, 0.5) is 4.39 Å². The molecule has 2 N–H and O–H groups in total. The van der Waals surface area contributed by atoms with E-state index in [1.54, 1.807) is 0 Å². The van der Waals surface area contributed by atoms with E-state index >= 15 is 0 Å². The van der Waals surface area contributed by atoms with Crippen molar-refractivity contribution in [3.63, 3.8) is 0 Å². The minimum atomic E-state index is -3.88. The lowest BCUT2D eigenvalue weighted by molar-refractivity contribution is -0.120. The van der Waals surface area contributed by atoms with E-state index < -0.39 is 28.3 Å². The van der Waals surface area contributed by atoms with Crippen LogP contribution in [0.5, 0.6) is 5.75 Å². The number of benzene rings is 2. The molecule has 1 heterocycles. The van der Waals surface area contributed by atoms with Crippen molar-refractivity contribution in [3.05, 3.63) is 59.9 Å². The van der Waals surface area contributed by atoms with Crippen molar-refractivity contribution in [2.75, 3.05) is 13.2 Å². The predicted molar refractivity (Wildman–Crippen MR) is 89.0 cm³/mol. The fourth-order valence-electron chi connectivity index (χ4n) is 2.60. The molecule has 132 valence electrons. The topological polar surface area (TPSA) is 84.5 Å². The summed E-state index contributed by atoms with van der Waals surface area (Å²) in [5.74, 6) is -0.270. The van der Waals surface area contributed by atoms with Crippen LogP contribution in [0, 0.1) is 5.82 Å². The number of halogens is 1. The minimum absolute atomic E-state index is 0.0990. The molecule has 1 aliphatic rings. The predicted octanol–water partition coefficient (Wildman–Crippen LogP) is 1.74. The highest BCUT2D eigenvalue weighted by molar-refractivity contribution is 7.89. The zero-order chi connectivity index (χ0) is 17.9. The fourth-order valence-corrected chi connectivity index (χ4v) is 3.58. The first-order chi connectivity index (χ1) is 12.0. The molecule has 3 rings (SSSR count). The second-order valence-corrected chi connectivity index (χ2v) is 7.34. The molecule has 8 heteroatoms. The number of sulfonamides is 1. The zero-order valence-electron chi connectivity index (χ0n) is 13.2. The molecule has 0 unspecified atom stereocenters. The van der Waals surface area contributed by atoms with E-state index in [-0.39, 0.29) is 10.9 Å². The van der Waals surface area contributed by atoms with Crippen LogP contribution in [0.25, 0.3) is 0 Å². The number of rotatable bonds is 5. The van der Waals surface area contributed by atoms with Gasteiger partial charge in [0, 0.05) is 12.0 Å². The Morgan fingerprint density at radius 1 is 1.16 bits per heavy atom. The fraction of sp³-hybridized carbons (Fsp3) is 0.235. The number of hydrogen-bond acceptors (Lipinski definition) is 4. The summed E-state index contributed by atoms with van der Waals surface area (Å²) < 4.78 is 44.8. The Hall–Kier alpha value is -2.45. The Balaban J connectivity index is 1.61. The Bertz CT molecular complexity index is 868. The first-order valence-electron chi connectivity index (χ1n) is 7.72. The molecule has 0 radical (unpaired) electrons. The van der Waals surface area contributed by atoms with Crippen molar-refractivity contribution < 1.29 is 22.3 Å². The van der Waals surface area contributed by atoms with Gasteiger partial charge in [-0.15, -0.1) is 0 Å². The molecule has 0 fully saturated rings. The van der Waals surface area contributed by atoms with E-state index in [1.807, 2.05) is 24.3 Å². The summed E-state index contributed by atoms with van der Waals surface area (Å²) in [7, 11) is -3.88. The smallest absolute Gasteiger partial charge is 0.241 e. The highest BCUT2D eigenvalue weighted by Crippen LogP contribution is 2.31. The largest absolute Gasteiger partial charge is 0.493 e. The molecule has 25 heavy (non-hydrogen) atoms. The van der Waals surface area contributed by atoms with Crippen molar-refractivity contribution >= 4 is 15.9 Å². The molecular weight excluding hydrogens is 347 g/mol. The molecule has 0 saturated heterocycles. The van der Waals surface area contributed by atoms with Gasteiger partial charge in [0.1, 0.15) is 11.6 Å². The lowest BCUT2D eigenvalue weighted by Crippen LogP contribution is -2.39. The summed E-state index contributed by atoms with van der Waals surface area (Å²) in [6.07, 6.45) is 0.605. The minimum Gasteiger partial charge on any atom is -0.493 e. The van der Waals surface area contributed by atoms with Crippen molar-refractivity contribution in [2.24, 2.45) is 0 Å². The number of hydrogen-bond donors (Lipinski definition) is 2. The summed E-state index contributed by atoms with van der Waals surface area (Å²) in [4.78, 5) is 12.0. The molecule has 0 spiro atoms. The second kappa shape index (κ2) is 7.20. The number of carbonyl (C=O) groups is 1. The van der Waals surface area contributed by atoms with Crippen LogP contribution in [0.1, 0.15) is 18.0 Å². The van der Waals surface area contributed by atoms with Crippen LogP contribution in [0.15, 0.2) is 53.4 Å². The van der Waals surface area contributed by atoms with Crippen LogP contribution in [0.2, 0.25) is 0 Å². The molecule has 0 saturated carbocycles. The lowest BCUT2D eigenvalue weighted by Gasteiger charge is -2.26. The molecule has 1 aliphatic heterocycles. The Morgan fingerprint density at radius 3 is 2.64 bits per heavy atom. The first kappa shape index (κ1) is 17.4. The van der Waals surface area contributed by atoms with Gasteiger partial charge in [0.25, 0.3) is 0 Å². The van der Waals surface area contributed by atoms with Crippen molar-refractivity contribution in [1.82, 2.24) is 10.0 Å². The third-order valence-electron chi connectivity index (χ3n) is 3.84. The average molecular weight is 364 g/mol. The summed E-state index contributed by atoms with van der Waals surface area (Å²) in [6.45, 7) is 0.0719. The maximum Gasteiger partial charge on any atom is 0.241 e. The number of amides is 1. The SMILES string of the molecule is O=C(CNS(=O)(=O)c1ccc(F)cc1)N[C@H]1CCOc2ccccc21. The van der Waals surface area contributed by atoms with E-state index in [4.69, 9.17) is 4.74 Å². The standard InChI is InChI=1S/C17H17FN2O4S/c18-12-5-7-13(8-6-12)25(22,23)19-11-17(21)20-15-9-10-24-16-4-2-1-3-14(15)16/h1-8,15,19H,9-11H2,(H,20,21)/t15-/m0/s1. The number of carbonyl (C=O) groups excluding carboxylic acids is 1. The number of nitrogens with one attached hydrogen (secondary N) is 2. The molecule has 0 aromatic heterocycles. The summed E-state index contributed by atoms with van der Waals surface area (Å²) in [6, 6.07) is 11.5. The third kappa shape index (κ3) is 4.15. The van der Waals surface area contributed by atoms with Crippen LogP contribution in [-0.4, -0.2) is 27.5 Å². The quantitative estimate of drug-likeness (QED) is 0.846. The highest BCUT2D eigenvalue weighted by atomic mass is 32.2. The maximum atomic E-state index is 12.9. The van der Waals surface area contributed by atoms with E-state index in [2.05, 4.69) is 10.0 Å². The van der Waals surface area contributed by atoms with Gasteiger partial charge in [-0.05, 0) is 30.3 Å². The van der Waals surface area contributed by atoms with Gasteiger partial charge in [0.05, 0.1) is 24.1 Å². The van der Waals surface area contributed by atoms with Crippen LogP contribution in [0.3, 0.4) is 0 Å². The van der Waals surface area contributed by atoms with Crippen LogP contribution >= 0.6 is 0 Å². The van der Waals surface area contributed by atoms with Gasteiger partial charge in [-0.1, -0.05) is 18.2 Å². The van der Waals surface area contributed by atoms with Crippen molar-refractivity contribution in [3.8, 4) is 5.75 Å². The van der Waals surface area contributed by atoms with Gasteiger partial charge >= 0.3 is 0 Å². The van der Waals surface area contributed by atoms with Gasteiger partial charge in [0.2, 0.25) is 15.9 Å². The van der Waals surface area contributed by atoms with Gasteiger partial charge < -0.3 is 10.1 Å². The highest BCUT2D eigenvalue weighted by Gasteiger charge is 2.23. The molecule has 1 amide bonds. The molecule has 0 bridgehead atoms. The normalized spacial score (nSPS) is 16.6. The monoisotopic (exact) mass is 364 g/mol. The van der Waals surface area contributed by atoms with E-state index in [1.165, 1.54) is 0 Å². The zero-order valence-corrected chi connectivity index (χ0v) is 14.1. The molecule has 1 atom stereocenters. The van der Waals surface area contributed by atoms with Gasteiger partial charge in [-0.2, -0.15) is 0 Å². The molecule has 6 nitrogen and oxygen atoms in total. The lowest BCUT2D eigenvalue weighted by atomic mass is 10.0. The van der Waals surface area contributed by atoms with E-state index in [9.17, 15) is 17.6 Å². The Labute approximate surface area is 145 Å². The summed E-state index contributed by atoms with van der Waals surface area (Å²) in [5, 5.41) is 2.80. The van der Waals surface area contributed by atoms with Gasteiger partial charge in [-0.3, -0.25) is 4.79 Å². The number of ether oxygens (including phenoxy) is 1. The van der Waals surface area contributed by atoms with E-state index in [0.717, 1.165) is 29.8 Å². The molecule has 2 aromatic carbocycles. The maximum absolute atomic E-state index is 12.9. The van der Waals surface area contributed by atoms with E-state index in [0.29, 0.717) is 18.8 Å². The van der Waals surface area contributed by atoms with Gasteiger partial charge in [-0.25, -0.2) is 17.5 Å². The van der Waals surface area contributed by atoms with Gasteiger partial charge in [0.15, 0.2) is 0 Å². The summed E-state index contributed by atoms with van der Waals surface area (Å²) >= 11 is 0. The second-order valence-electron chi connectivity index (χ2n) is 5.57.